The Bertz CT molecular complexity index is 1740. The summed E-state index contributed by atoms with van der Waals surface area (Å²) in [6, 6.07) is 17.0. The van der Waals surface area contributed by atoms with Gasteiger partial charge in [-0.3, -0.25) is 14.4 Å². The van der Waals surface area contributed by atoms with E-state index < -0.39 is 42.6 Å². The van der Waals surface area contributed by atoms with Gasteiger partial charge in [-0.1, -0.05) is 122 Å². The Kier molecular flexibility index (Phi) is 23.1. The van der Waals surface area contributed by atoms with E-state index in [9.17, 15) is 14.4 Å². The van der Waals surface area contributed by atoms with E-state index in [4.69, 9.17) is 37.3 Å². The number of methoxy groups -OCH3 is 2. The van der Waals surface area contributed by atoms with E-state index in [1.807, 2.05) is 62.9 Å². The number of rotatable bonds is 27. The highest BCUT2D eigenvalue weighted by Gasteiger charge is 2.43. The predicted octanol–water partition coefficient (Wildman–Crippen LogP) is 8.37. The minimum atomic E-state index is -0.654. The maximum atomic E-state index is 14.2. The smallest absolute Gasteiger partial charge is 0.239 e. The van der Waals surface area contributed by atoms with Crippen LogP contribution in [0, 0.1) is 23.7 Å². The van der Waals surface area contributed by atoms with Gasteiger partial charge in [0.15, 0.2) is 6.29 Å². The first-order valence-electron chi connectivity index (χ1n) is 25.0. The molecule has 2 aliphatic heterocycles. The van der Waals surface area contributed by atoms with Gasteiger partial charge in [-0.15, -0.1) is 0 Å². The van der Waals surface area contributed by atoms with Crippen LogP contribution >= 0.6 is 0 Å². The van der Waals surface area contributed by atoms with Gasteiger partial charge in [0.1, 0.15) is 6.10 Å². The molecule has 3 amide bonds. The van der Waals surface area contributed by atoms with Crippen molar-refractivity contribution < 1.29 is 38.1 Å². The van der Waals surface area contributed by atoms with Crippen molar-refractivity contribution in [3.05, 3.63) is 71.3 Å². The molecule has 2 unspecified atom stereocenters. The van der Waals surface area contributed by atoms with Crippen LogP contribution < -0.4 is 11.1 Å². The molecule has 4 rings (SSSR count). The van der Waals surface area contributed by atoms with Gasteiger partial charge in [0.2, 0.25) is 17.7 Å². The average molecular weight is 917 g/mol. The Morgan fingerprint density at radius 1 is 0.909 bits per heavy atom. The summed E-state index contributed by atoms with van der Waals surface area (Å²) in [7, 11) is 10.9. The Morgan fingerprint density at radius 2 is 1.61 bits per heavy atom. The highest BCUT2D eigenvalue weighted by Crippen LogP contribution is 2.33. The summed E-state index contributed by atoms with van der Waals surface area (Å²) >= 11 is 0. The Morgan fingerprint density at radius 3 is 2.21 bits per heavy atom. The van der Waals surface area contributed by atoms with Crippen molar-refractivity contribution in [3.8, 4) is 0 Å². The Hall–Kier alpha value is -3.33. The number of nitrogens with one attached hydrogen (secondary N) is 1. The summed E-state index contributed by atoms with van der Waals surface area (Å²) in [5, 5.41) is 3.25. The molecule has 0 saturated carbocycles. The number of carbonyl (C=O) groups excluding carboxylic acids is 3. The first kappa shape index (κ1) is 55.3. The lowest BCUT2D eigenvalue weighted by atomic mass is 9.82. The molecule has 2 saturated heterocycles. The normalized spacial score (nSPS) is 22.4. The molecule has 368 valence electrons. The molecule has 2 fully saturated rings. The van der Waals surface area contributed by atoms with E-state index in [0.717, 1.165) is 56.1 Å². The molecule has 2 aromatic rings. The van der Waals surface area contributed by atoms with Crippen LogP contribution in [0.4, 0.5) is 0 Å². The molecule has 13 heteroatoms. The van der Waals surface area contributed by atoms with Crippen LogP contribution in [-0.2, 0) is 44.7 Å². The Labute approximate surface area is 399 Å². The number of likely N-dealkylation sites (N-methyl/N-ethyl adjacent to an activating group) is 1. The minimum absolute atomic E-state index is 0.0318. The summed E-state index contributed by atoms with van der Waals surface area (Å²) in [5.41, 5.74) is 9.72. The number of ether oxygens (including phenoxy) is 5. The van der Waals surface area contributed by atoms with Crippen molar-refractivity contribution in [3.63, 3.8) is 0 Å². The predicted molar refractivity (Wildman–Crippen MR) is 263 cm³/mol. The second-order valence-corrected chi connectivity index (χ2v) is 19.7. The number of hydrogen-bond donors (Lipinski definition) is 2. The van der Waals surface area contributed by atoms with Gasteiger partial charge in [-0.2, -0.15) is 0 Å². The van der Waals surface area contributed by atoms with Crippen LogP contribution in [-0.4, -0.2) is 119 Å². The van der Waals surface area contributed by atoms with Gasteiger partial charge in [-0.25, -0.2) is 0 Å². The van der Waals surface area contributed by atoms with Crippen LogP contribution in [0.5, 0.6) is 0 Å². The molecule has 3 N–H and O–H groups in total. The molecule has 0 aliphatic carbocycles. The van der Waals surface area contributed by atoms with Crippen molar-refractivity contribution >= 4 is 25.6 Å². The molecular weight excluding hydrogens is 831 g/mol. The summed E-state index contributed by atoms with van der Waals surface area (Å²) in [6.07, 6.45) is 5.62. The van der Waals surface area contributed by atoms with E-state index in [0.29, 0.717) is 44.3 Å². The lowest BCUT2D eigenvalue weighted by molar-refractivity contribution is -0.229. The maximum Gasteiger partial charge on any atom is 0.239 e. The van der Waals surface area contributed by atoms with Crippen molar-refractivity contribution in [1.82, 2.24) is 15.1 Å². The first-order valence-corrected chi connectivity index (χ1v) is 25.0. The summed E-state index contributed by atoms with van der Waals surface area (Å²) in [5.74, 6) is -0.00725. The van der Waals surface area contributed by atoms with Gasteiger partial charge < -0.3 is 44.5 Å². The van der Waals surface area contributed by atoms with Crippen molar-refractivity contribution in [1.29, 1.82) is 0 Å². The third kappa shape index (κ3) is 15.3. The third-order valence-corrected chi connectivity index (χ3v) is 14.4. The number of amides is 3. The second-order valence-electron chi connectivity index (χ2n) is 19.7. The zero-order valence-electron chi connectivity index (χ0n) is 42.3. The zero-order valence-corrected chi connectivity index (χ0v) is 42.3. The molecule has 2 aromatic carbocycles. The van der Waals surface area contributed by atoms with Crippen molar-refractivity contribution in [2.45, 2.75) is 187 Å². The number of nitrogens with two attached hydrogens (primary N) is 1. The number of benzene rings is 2. The van der Waals surface area contributed by atoms with Crippen LogP contribution in [0.2, 0.25) is 6.32 Å². The fourth-order valence-electron chi connectivity index (χ4n) is 9.95. The van der Waals surface area contributed by atoms with Gasteiger partial charge >= 0.3 is 0 Å². The monoisotopic (exact) mass is 917 g/mol. The first-order chi connectivity index (χ1) is 31.6. The second kappa shape index (κ2) is 27.6. The topological polar surface area (TPSA) is 142 Å². The van der Waals surface area contributed by atoms with Crippen LogP contribution in [0.25, 0.3) is 0 Å². The third-order valence-electron chi connectivity index (χ3n) is 14.4. The van der Waals surface area contributed by atoms with Gasteiger partial charge in [-0.05, 0) is 86.3 Å². The molecule has 2 radical (unpaired) electrons. The molecule has 13 atom stereocenters. The lowest BCUT2D eigenvalue weighted by Gasteiger charge is -2.40. The molecule has 0 aromatic heterocycles. The van der Waals surface area contributed by atoms with Crippen LogP contribution in [0.1, 0.15) is 142 Å². The van der Waals surface area contributed by atoms with Crippen molar-refractivity contribution in [2.24, 2.45) is 29.4 Å². The molecule has 12 nitrogen and oxygen atoms in total. The highest BCUT2D eigenvalue weighted by atomic mass is 16.7. The lowest BCUT2D eigenvalue weighted by Crippen LogP contribution is -2.56. The number of nitrogens with zero attached hydrogens (tertiary/aromatic N) is 2. The molecule has 2 heterocycles. The van der Waals surface area contributed by atoms with E-state index in [-0.39, 0.29) is 54.2 Å². The van der Waals surface area contributed by atoms with Gasteiger partial charge in [0.05, 0.1) is 75.9 Å². The quantitative estimate of drug-likeness (QED) is 0.0846. The number of hydrogen-bond acceptors (Lipinski definition) is 9. The Balaban J connectivity index is 1.38. The van der Waals surface area contributed by atoms with E-state index in [1.165, 1.54) is 5.56 Å². The molecular formula is C53H85BN4O8. The van der Waals surface area contributed by atoms with E-state index in [2.05, 4.69) is 57.3 Å². The fourth-order valence-corrected chi connectivity index (χ4v) is 9.95. The zero-order chi connectivity index (χ0) is 48.5. The summed E-state index contributed by atoms with van der Waals surface area (Å²) in [4.78, 5) is 45.4. The molecule has 2 aliphatic rings. The molecule has 0 spiro atoms. The largest absolute Gasteiger partial charge is 0.379 e. The number of carbonyl (C=O) groups is 3. The van der Waals surface area contributed by atoms with E-state index >= 15 is 0 Å². The van der Waals surface area contributed by atoms with Gasteiger partial charge in [0, 0.05) is 27.8 Å². The molecule has 66 heavy (non-hydrogen) atoms. The van der Waals surface area contributed by atoms with Crippen LogP contribution in [0.15, 0.2) is 54.6 Å². The maximum absolute atomic E-state index is 14.2. The van der Waals surface area contributed by atoms with E-state index in [1.54, 1.807) is 26.2 Å². The number of likely N-dealkylation sites (tertiary alicyclic amines) is 1. The highest BCUT2D eigenvalue weighted by molar-refractivity contribution is 6.08. The van der Waals surface area contributed by atoms with Gasteiger partial charge in [0.25, 0.3) is 0 Å². The van der Waals surface area contributed by atoms with Crippen LogP contribution in [0.3, 0.4) is 0 Å². The summed E-state index contributed by atoms with van der Waals surface area (Å²) < 4.78 is 31.5. The van der Waals surface area contributed by atoms with Crippen molar-refractivity contribution in [2.75, 3.05) is 34.4 Å². The fraction of sp³-hybridized carbons (Fsp3) is 0.717. The standard InChI is InChI=1S/C53H85BN4O8/c1-12-36(6)49(57(9)53(61)48(55)34(3)4)45(62-10)30-46(59)58-28-18-22-44(58)50(63-11)37(7)52(60)56-38(8)51(42-19-15-14-16-20-42)66-47-23-17-21-43(65-47)33-64-32-39-24-26-41(27-25-39)40(13-2)29-35(5)31-54/h14-16,19-20,24-27,34-38,40,43-45,47-51H,12-13,17-18,21-23,28-33,55H2,1-11H3,(H,56,60)/t35-,36-,37+,38+,40+,43?,44-,45+,47?,48-,49-,50+,51+/m0/s1. The molecule has 0 bridgehead atoms. The average Bonchev–Trinajstić information content (AvgIpc) is 3.82. The summed E-state index contributed by atoms with van der Waals surface area (Å²) in [6.45, 7) is 17.8. The SMILES string of the molecule is [B]C[C@@H](C)C[C@@H](CC)c1ccc(COCC2CCCC(O[C@@H](c3ccccc3)[C@@H](C)NC(=O)[C@H](C)[C@@H](OC)[C@@H]3CCCN3C(=O)C[C@@H](OC)[C@H]([C@@H](C)CC)N(C)C(=O)[C@@H](N)C(C)C)O2)cc1. The minimum Gasteiger partial charge on any atom is -0.379 e.